The lowest BCUT2D eigenvalue weighted by Gasteiger charge is -2.33. The molecule has 19 heavy (non-hydrogen) atoms. The van der Waals surface area contributed by atoms with Crippen LogP contribution in [-0.2, 0) is 16.3 Å². The van der Waals surface area contributed by atoms with Crippen molar-refractivity contribution in [2.45, 2.75) is 31.1 Å². The highest BCUT2D eigenvalue weighted by Crippen LogP contribution is 2.35. The van der Waals surface area contributed by atoms with Gasteiger partial charge in [-0.25, -0.2) is 8.42 Å². The Balaban J connectivity index is 2.42. The molecule has 0 radical (unpaired) electrons. The van der Waals surface area contributed by atoms with Crippen LogP contribution in [0.15, 0.2) is 18.2 Å². The first kappa shape index (κ1) is 14.3. The summed E-state index contributed by atoms with van der Waals surface area (Å²) < 4.78 is 29.6. The van der Waals surface area contributed by atoms with E-state index in [0.717, 1.165) is 17.7 Å². The Bertz CT molecular complexity index is 554. The molecule has 0 heterocycles. The highest BCUT2D eigenvalue weighted by atomic mass is 32.2. The molecule has 1 aliphatic carbocycles. The predicted molar refractivity (Wildman–Crippen MR) is 76.4 cm³/mol. The van der Waals surface area contributed by atoms with Gasteiger partial charge < -0.3 is 10.1 Å². The molecule has 0 aliphatic heterocycles. The Morgan fingerprint density at radius 3 is 2.74 bits per heavy atom. The molecule has 0 saturated heterocycles. The molecule has 2 atom stereocenters. The van der Waals surface area contributed by atoms with Crippen LogP contribution in [0.5, 0.6) is 5.75 Å². The van der Waals surface area contributed by atoms with Gasteiger partial charge in [-0.3, -0.25) is 0 Å². The average molecular weight is 283 g/mol. The second-order valence-corrected chi connectivity index (χ2v) is 7.37. The van der Waals surface area contributed by atoms with E-state index in [1.807, 2.05) is 25.2 Å². The topological polar surface area (TPSA) is 55.4 Å². The van der Waals surface area contributed by atoms with E-state index in [9.17, 15) is 8.42 Å². The van der Waals surface area contributed by atoms with Crippen LogP contribution in [0, 0.1) is 0 Å². The van der Waals surface area contributed by atoms with Crippen molar-refractivity contribution < 1.29 is 13.2 Å². The maximum absolute atomic E-state index is 12.2. The van der Waals surface area contributed by atoms with Crippen molar-refractivity contribution in [1.82, 2.24) is 5.32 Å². The van der Waals surface area contributed by atoms with Crippen molar-refractivity contribution >= 4 is 9.84 Å². The molecule has 106 valence electrons. The largest absolute Gasteiger partial charge is 0.497 e. The minimum Gasteiger partial charge on any atom is -0.497 e. The van der Waals surface area contributed by atoms with Gasteiger partial charge in [-0.1, -0.05) is 13.0 Å². The lowest BCUT2D eigenvalue weighted by Crippen LogP contribution is -2.40. The summed E-state index contributed by atoms with van der Waals surface area (Å²) in [6, 6.07) is 5.75. The lowest BCUT2D eigenvalue weighted by atomic mass is 9.87. The van der Waals surface area contributed by atoms with E-state index >= 15 is 0 Å². The zero-order valence-electron chi connectivity index (χ0n) is 11.6. The molecule has 2 rings (SSSR count). The fourth-order valence-electron chi connectivity index (χ4n) is 2.84. The third kappa shape index (κ3) is 2.62. The molecule has 0 saturated carbocycles. The van der Waals surface area contributed by atoms with Crippen LogP contribution in [-0.4, -0.2) is 33.6 Å². The third-order valence-corrected chi connectivity index (χ3v) is 6.16. The summed E-state index contributed by atoms with van der Waals surface area (Å²) in [5, 5.41) is 2.84. The highest BCUT2D eigenvalue weighted by Gasteiger charge is 2.36. The monoisotopic (exact) mass is 283 g/mol. The lowest BCUT2D eigenvalue weighted by molar-refractivity contribution is 0.411. The average Bonchev–Trinajstić information content (AvgIpc) is 2.45. The summed E-state index contributed by atoms with van der Waals surface area (Å²) in [5.41, 5.74) is 2.26. The van der Waals surface area contributed by atoms with E-state index in [1.54, 1.807) is 14.0 Å². The van der Waals surface area contributed by atoms with Gasteiger partial charge in [0.05, 0.1) is 12.4 Å². The number of ether oxygens (including phenoxy) is 1. The molecule has 1 aromatic carbocycles. The van der Waals surface area contributed by atoms with Gasteiger partial charge in [0.2, 0.25) is 0 Å². The zero-order chi connectivity index (χ0) is 14.0. The molecule has 1 aliphatic rings. The molecule has 2 unspecified atom stereocenters. The molecule has 4 nitrogen and oxygen atoms in total. The Morgan fingerprint density at radius 2 is 2.16 bits per heavy atom. The summed E-state index contributed by atoms with van der Waals surface area (Å²) in [6.07, 6.45) is 1.45. The Labute approximate surface area is 115 Å². The summed E-state index contributed by atoms with van der Waals surface area (Å²) in [6.45, 7) is 1.71. The Morgan fingerprint density at radius 1 is 1.42 bits per heavy atom. The first-order valence-corrected chi connectivity index (χ1v) is 8.30. The zero-order valence-corrected chi connectivity index (χ0v) is 12.5. The molecule has 1 aromatic rings. The van der Waals surface area contributed by atoms with Crippen LogP contribution in [0.2, 0.25) is 0 Å². The fraction of sp³-hybridized carbons (Fsp3) is 0.571. The Kier molecular flexibility index (Phi) is 4.16. The number of hydrogen-bond donors (Lipinski definition) is 1. The minimum atomic E-state index is -3.03. The second kappa shape index (κ2) is 5.51. The Hall–Kier alpha value is -1.07. The van der Waals surface area contributed by atoms with Gasteiger partial charge in [-0.2, -0.15) is 0 Å². The van der Waals surface area contributed by atoms with Gasteiger partial charge in [-0.05, 0) is 43.1 Å². The first-order chi connectivity index (χ1) is 9.03. The molecule has 0 aromatic heterocycles. The van der Waals surface area contributed by atoms with Gasteiger partial charge in [-0.15, -0.1) is 0 Å². The SMILES string of the molecule is CCS(=O)(=O)C1CCc2cc(OC)ccc2C1NC. The number of methoxy groups -OCH3 is 1. The molecule has 0 spiro atoms. The van der Waals surface area contributed by atoms with Gasteiger partial charge in [0.15, 0.2) is 9.84 Å². The number of sulfone groups is 1. The molecule has 0 amide bonds. The van der Waals surface area contributed by atoms with Crippen molar-refractivity contribution in [2.75, 3.05) is 19.9 Å². The standard InChI is InChI=1S/C14H21NO3S/c1-4-19(16,17)13-8-5-10-9-11(18-3)6-7-12(10)14(13)15-2/h6-7,9,13-15H,4-5,8H2,1-3H3. The quantitative estimate of drug-likeness (QED) is 0.914. The summed E-state index contributed by atoms with van der Waals surface area (Å²) in [5.74, 6) is 1.02. The van der Waals surface area contributed by atoms with Gasteiger partial charge in [0.25, 0.3) is 0 Å². The maximum atomic E-state index is 12.2. The molecule has 0 fully saturated rings. The second-order valence-electron chi connectivity index (χ2n) is 4.86. The van der Waals surface area contributed by atoms with E-state index in [4.69, 9.17) is 4.74 Å². The molecule has 0 bridgehead atoms. The predicted octanol–water partition coefficient (Wildman–Crippen LogP) is 1.71. The number of fused-ring (bicyclic) bond motifs is 1. The summed E-state index contributed by atoms with van der Waals surface area (Å²) in [7, 11) is 0.430. The van der Waals surface area contributed by atoms with Crippen LogP contribution < -0.4 is 10.1 Å². The van der Waals surface area contributed by atoms with Crippen LogP contribution in [0.25, 0.3) is 0 Å². The van der Waals surface area contributed by atoms with Gasteiger partial charge >= 0.3 is 0 Å². The van der Waals surface area contributed by atoms with Crippen LogP contribution in [0.3, 0.4) is 0 Å². The van der Waals surface area contributed by atoms with E-state index in [2.05, 4.69) is 5.32 Å². The van der Waals surface area contributed by atoms with Crippen molar-refractivity contribution in [3.8, 4) is 5.75 Å². The van der Waals surface area contributed by atoms with Gasteiger partial charge in [0, 0.05) is 11.8 Å². The maximum Gasteiger partial charge on any atom is 0.154 e. The fourth-order valence-corrected chi connectivity index (χ4v) is 4.44. The van der Waals surface area contributed by atoms with Crippen LogP contribution in [0.1, 0.15) is 30.5 Å². The third-order valence-electron chi connectivity index (χ3n) is 3.93. The van der Waals surface area contributed by atoms with Crippen molar-refractivity contribution in [2.24, 2.45) is 0 Å². The summed E-state index contributed by atoms with van der Waals surface area (Å²) in [4.78, 5) is 0. The van der Waals surface area contributed by atoms with Crippen molar-refractivity contribution in [3.05, 3.63) is 29.3 Å². The molecular formula is C14H21NO3S. The highest BCUT2D eigenvalue weighted by molar-refractivity contribution is 7.92. The molecule has 1 N–H and O–H groups in total. The number of nitrogens with one attached hydrogen (secondary N) is 1. The van der Waals surface area contributed by atoms with Crippen molar-refractivity contribution in [1.29, 1.82) is 0 Å². The van der Waals surface area contributed by atoms with Crippen molar-refractivity contribution in [3.63, 3.8) is 0 Å². The smallest absolute Gasteiger partial charge is 0.154 e. The van der Waals surface area contributed by atoms with E-state index < -0.39 is 9.84 Å². The summed E-state index contributed by atoms with van der Waals surface area (Å²) >= 11 is 0. The normalized spacial score (nSPS) is 22.9. The number of aryl methyl sites for hydroxylation is 1. The van der Waals surface area contributed by atoms with Gasteiger partial charge in [0.1, 0.15) is 5.75 Å². The van der Waals surface area contributed by atoms with E-state index in [-0.39, 0.29) is 17.0 Å². The van der Waals surface area contributed by atoms with E-state index in [0.29, 0.717) is 6.42 Å². The minimum absolute atomic E-state index is 0.125. The molecular weight excluding hydrogens is 262 g/mol. The van der Waals surface area contributed by atoms with E-state index in [1.165, 1.54) is 5.56 Å². The first-order valence-electron chi connectivity index (χ1n) is 6.59. The number of rotatable bonds is 4. The molecule has 5 heteroatoms. The van der Waals surface area contributed by atoms with Crippen LogP contribution >= 0.6 is 0 Å². The number of benzene rings is 1. The number of hydrogen-bond acceptors (Lipinski definition) is 4. The van der Waals surface area contributed by atoms with Crippen LogP contribution in [0.4, 0.5) is 0 Å².